The number of halogens is 2. The van der Waals surface area contributed by atoms with Gasteiger partial charge in [0.1, 0.15) is 11.3 Å². The Hall–Kier alpha value is -1.18. The van der Waals surface area contributed by atoms with Crippen LogP contribution < -0.4 is 4.90 Å². The molecule has 0 N–H and O–H groups in total. The van der Waals surface area contributed by atoms with Crippen molar-refractivity contribution >= 4 is 40.1 Å². The number of hydrogen-bond acceptors (Lipinski definition) is 6. The van der Waals surface area contributed by atoms with Crippen LogP contribution in [0.3, 0.4) is 0 Å². The number of anilines is 1. The van der Waals surface area contributed by atoms with E-state index in [-0.39, 0.29) is 11.2 Å². The van der Waals surface area contributed by atoms with Crippen LogP contribution in [-0.2, 0) is 11.2 Å². The number of ether oxygens (including phenoxy) is 1. The van der Waals surface area contributed by atoms with E-state index in [1.54, 1.807) is 0 Å². The number of aromatic nitrogens is 3. The molecule has 1 saturated heterocycles. The molecule has 1 fully saturated rings. The first kappa shape index (κ1) is 17.2. The van der Waals surface area contributed by atoms with Gasteiger partial charge in [0.05, 0.1) is 23.7 Å². The molecule has 2 aliphatic rings. The Morgan fingerprint density at radius 1 is 1.32 bits per heavy atom. The molecule has 2 aliphatic heterocycles. The highest BCUT2D eigenvalue weighted by Gasteiger charge is 2.30. The Bertz CT molecular complexity index is 806. The average Bonchev–Trinajstić information content (AvgIpc) is 2.82. The molecule has 0 aliphatic carbocycles. The zero-order valence-corrected chi connectivity index (χ0v) is 15.7. The van der Waals surface area contributed by atoms with Crippen LogP contribution in [0.15, 0.2) is 5.16 Å². The standard InChI is InChI=1S/C17H20ClFN4OS/c1-2-25-17-21-14-12-11(20-15(18)13(14)19)6-3-5-10-9-24-8-4-7-23(10)16(12)22-17/h10H,2-9H2,1H3. The first-order chi connectivity index (χ1) is 12.2. The molecule has 134 valence electrons. The monoisotopic (exact) mass is 382 g/mol. The first-order valence-corrected chi connectivity index (χ1v) is 10.1. The fourth-order valence-corrected chi connectivity index (χ4v) is 4.37. The second-order valence-electron chi connectivity index (χ2n) is 6.32. The average molecular weight is 383 g/mol. The summed E-state index contributed by atoms with van der Waals surface area (Å²) in [5, 5.41) is 1.20. The lowest BCUT2D eigenvalue weighted by Crippen LogP contribution is -2.39. The minimum absolute atomic E-state index is 0.101. The van der Waals surface area contributed by atoms with Crippen LogP contribution in [0.5, 0.6) is 0 Å². The van der Waals surface area contributed by atoms with Crippen LogP contribution in [0.1, 0.15) is 31.9 Å². The van der Waals surface area contributed by atoms with Gasteiger partial charge in [0, 0.05) is 13.2 Å². The normalized spacial score (nSPS) is 20.8. The molecule has 4 heterocycles. The molecule has 2 aromatic heterocycles. The molecule has 0 saturated carbocycles. The summed E-state index contributed by atoms with van der Waals surface area (Å²) in [6, 6.07) is 0.256. The summed E-state index contributed by atoms with van der Waals surface area (Å²) in [5.41, 5.74) is 1.09. The van der Waals surface area contributed by atoms with Crippen LogP contribution in [0.4, 0.5) is 10.2 Å². The van der Waals surface area contributed by atoms with E-state index in [2.05, 4.69) is 14.9 Å². The van der Waals surface area contributed by atoms with Crippen molar-refractivity contribution in [1.82, 2.24) is 15.0 Å². The third-order valence-electron chi connectivity index (χ3n) is 4.72. The zero-order chi connectivity index (χ0) is 17.4. The number of nitrogens with zero attached hydrogens (tertiary/aromatic N) is 4. The summed E-state index contributed by atoms with van der Waals surface area (Å²) in [4.78, 5) is 15.8. The maximum Gasteiger partial charge on any atom is 0.190 e. The van der Waals surface area contributed by atoms with E-state index in [1.807, 2.05) is 6.92 Å². The summed E-state index contributed by atoms with van der Waals surface area (Å²) >= 11 is 7.56. The molecule has 8 heteroatoms. The molecule has 0 radical (unpaired) electrons. The molecule has 0 amide bonds. The molecule has 4 rings (SSSR count). The molecule has 0 bridgehead atoms. The predicted molar refractivity (Wildman–Crippen MR) is 98.2 cm³/mol. The van der Waals surface area contributed by atoms with Gasteiger partial charge in [-0.15, -0.1) is 0 Å². The van der Waals surface area contributed by atoms with Crippen LogP contribution >= 0.6 is 23.4 Å². The van der Waals surface area contributed by atoms with Crippen molar-refractivity contribution in [2.45, 2.75) is 43.8 Å². The van der Waals surface area contributed by atoms with Gasteiger partial charge in [-0.25, -0.2) is 19.3 Å². The number of rotatable bonds is 2. The highest BCUT2D eigenvalue weighted by atomic mass is 35.5. The number of aryl methyl sites for hydroxylation is 1. The maximum atomic E-state index is 14.7. The van der Waals surface area contributed by atoms with E-state index in [1.165, 1.54) is 11.8 Å². The van der Waals surface area contributed by atoms with Gasteiger partial charge in [0.25, 0.3) is 0 Å². The van der Waals surface area contributed by atoms with Gasteiger partial charge in [-0.2, -0.15) is 0 Å². The van der Waals surface area contributed by atoms with Gasteiger partial charge < -0.3 is 9.64 Å². The summed E-state index contributed by atoms with van der Waals surface area (Å²) in [6.07, 6.45) is 3.63. The van der Waals surface area contributed by atoms with E-state index < -0.39 is 5.82 Å². The minimum atomic E-state index is -0.551. The fraction of sp³-hybridized carbons (Fsp3) is 0.588. The Morgan fingerprint density at radius 2 is 2.20 bits per heavy atom. The van der Waals surface area contributed by atoms with Crippen LogP contribution in [0, 0.1) is 5.82 Å². The lowest BCUT2D eigenvalue weighted by molar-refractivity contribution is 0.131. The second-order valence-corrected chi connectivity index (χ2v) is 7.91. The van der Waals surface area contributed by atoms with Crippen LogP contribution in [0.25, 0.3) is 10.9 Å². The third kappa shape index (κ3) is 3.17. The lowest BCUT2D eigenvalue weighted by atomic mass is 10.0. The fourth-order valence-electron chi connectivity index (χ4n) is 3.61. The van der Waals surface area contributed by atoms with Crippen molar-refractivity contribution in [2.24, 2.45) is 0 Å². The molecular formula is C17H20ClFN4OS. The lowest BCUT2D eigenvalue weighted by Gasteiger charge is -2.33. The van der Waals surface area contributed by atoms with E-state index in [0.717, 1.165) is 56.1 Å². The van der Waals surface area contributed by atoms with Gasteiger partial charge in [-0.3, -0.25) is 0 Å². The minimum Gasteiger partial charge on any atom is -0.379 e. The maximum absolute atomic E-state index is 14.7. The Kier molecular flexibility index (Phi) is 4.97. The molecule has 25 heavy (non-hydrogen) atoms. The topological polar surface area (TPSA) is 51.1 Å². The van der Waals surface area contributed by atoms with Crippen molar-refractivity contribution in [3.63, 3.8) is 0 Å². The number of hydrogen-bond donors (Lipinski definition) is 0. The molecule has 2 aromatic rings. The van der Waals surface area contributed by atoms with E-state index in [9.17, 15) is 4.39 Å². The summed E-state index contributed by atoms with van der Waals surface area (Å²) < 4.78 is 20.5. The van der Waals surface area contributed by atoms with Gasteiger partial charge in [0.2, 0.25) is 0 Å². The Labute approximate surface area is 155 Å². The summed E-state index contributed by atoms with van der Waals surface area (Å²) in [5.74, 6) is 1.06. The van der Waals surface area contributed by atoms with Gasteiger partial charge >= 0.3 is 0 Å². The van der Waals surface area contributed by atoms with Gasteiger partial charge in [0.15, 0.2) is 16.1 Å². The zero-order valence-electron chi connectivity index (χ0n) is 14.1. The number of pyridine rings is 1. The molecule has 5 nitrogen and oxygen atoms in total. The van der Waals surface area contributed by atoms with Gasteiger partial charge in [-0.1, -0.05) is 30.3 Å². The Morgan fingerprint density at radius 3 is 3.04 bits per heavy atom. The summed E-state index contributed by atoms with van der Waals surface area (Å²) in [6.45, 7) is 4.31. The molecular weight excluding hydrogens is 363 g/mol. The third-order valence-corrected chi connectivity index (χ3v) is 5.70. The van der Waals surface area contributed by atoms with Crippen LogP contribution in [0.2, 0.25) is 5.15 Å². The highest BCUT2D eigenvalue weighted by Crippen LogP contribution is 2.37. The van der Waals surface area contributed by atoms with Crippen molar-refractivity contribution in [3.05, 3.63) is 16.7 Å². The smallest absolute Gasteiger partial charge is 0.190 e. The summed E-state index contributed by atoms with van der Waals surface area (Å²) in [7, 11) is 0. The molecule has 1 unspecified atom stereocenters. The predicted octanol–water partition coefficient (Wildman–Crippen LogP) is 3.86. The largest absolute Gasteiger partial charge is 0.379 e. The van der Waals surface area contributed by atoms with Crippen molar-refractivity contribution in [3.8, 4) is 0 Å². The van der Waals surface area contributed by atoms with Gasteiger partial charge in [-0.05, 0) is 31.4 Å². The second kappa shape index (κ2) is 7.21. The molecule has 0 aromatic carbocycles. The van der Waals surface area contributed by atoms with Crippen molar-refractivity contribution in [2.75, 3.05) is 30.4 Å². The number of thioether (sulfide) groups is 1. The quantitative estimate of drug-likeness (QED) is 0.446. The SMILES string of the molecule is CCSc1nc2c3c(nc(Cl)c(F)c3n1)CCCC1COCCCN21. The Balaban J connectivity index is 1.99. The van der Waals surface area contributed by atoms with Crippen LogP contribution in [-0.4, -0.2) is 46.5 Å². The molecule has 1 atom stereocenters. The highest BCUT2D eigenvalue weighted by molar-refractivity contribution is 7.99. The van der Waals surface area contributed by atoms with Crippen molar-refractivity contribution in [1.29, 1.82) is 0 Å². The first-order valence-electron chi connectivity index (χ1n) is 8.71. The van der Waals surface area contributed by atoms with E-state index in [0.29, 0.717) is 22.7 Å². The molecule has 0 spiro atoms. The van der Waals surface area contributed by atoms with E-state index >= 15 is 0 Å². The van der Waals surface area contributed by atoms with Crippen molar-refractivity contribution < 1.29 is 9.13 Å². The van der Waals surface area contributed by atoms with E-state index in [4.69, 9.17) is 21.3 Å². The number of fused-ring (bicyclic) bond motifs is 2.